The molecule has 10 nitrogen and oxygen atoms in total. The molecule has 2 aromatic carbocycles. The topological polar surface area (TPSA) is 132 Å². The molecule has 5 aromatic rings. The van der Waals surface area contributed by atoms with E-state index < -0.39 is 11.2 Å². The second kappa shape index (κ2) is 7.62. The molecule has 0 radical (unpaired) electrons. The van der Waals surface area contributed by atoms with E-state index in [1.54, 1.807) is 22.9 Å². The molecule has 10 heteroatoms. The number of phenolic OH excluding ortho intramolecular Hbond substituents is 1. The van der Waals surface area contributed by atoms with Crippen molar-refractivity contribution in [1.82, 2.24) is 14.8 Å². The fraction of sp³-hybridized carbons (Fsp3) is 0.250. The van der Waals surface area contributed by atoms with E-state index >= 15 is 0 Å². The maximum atomic E-state index is 13.2. The fourth-order valence-electron chi connectivity index (χ4n) is 4.35. The minimum absolute atomic E-state index is 0.0348. The molecule has 5 rings (SSSR count). The van der Waals surface area contributed by atoms with Crippen LogP contribution in [-0.2, 0) is 0 Å². The van der Waals surface area contributed by atoms with E-state index in [2.05, 4.69) is 10.1 Å². The Bertz CT molecular complexity index is 1680. The Hall–Kier alpha value is -4.34. The average Bonchev–Trinajstić information content (AvgIpc) is 3.37. The first kappa shape index (κ1) is 21.5. The van der Waals surface area contributed by atoms with E-state index in [4.69, 9.17) is 18.6 Å². The number of hydrogen-bond donors (Lipinski definition) is 3. The van der Waals surface area contributed by atoms with Gasteiger partial charge in [0, 0.05) is 17.0 Å². The van der Waals surface area contributed by atoms with Crippen molar-refractivity contribution in [3.63, 3.8) is 0 Å². The lowest BCUT2D eigenvalue weighted by molar-refractivity contribution is 0.324. The number of phenols is 1. The maximum Gasteiger partial charge on any atom is 0.274 e. The number of methoxy groups -OCH3 is 3. The molecular weight excluding hydrogens is 442 g/mol. The van der Waals surface area contributed by atoms with Crippen molar-refractivity contribution >= 4 is 33.1 Å². The minimum Gasteiger partial charge on any atom is -0.502 e. The van der Waals surface area contributed by atoms with Gasteiger partial charge in [-0.2, -0.15) is 0 Å². The van der Waals surface area contributed by atoms with Crippen LogP contribution in [0.15, 0.2) is 38.3 Å². The van der Waals surface area contributed by atoms with Gasteiger partial charge in [-0.25, -0.2) is 0 Å². The zero-order chi connectivity index (χ0) is 24.3. The summed E-state index contributed by atoms with van der Waals surface area (Å²) in [7, 11) is 4.51. The van der Waals surface area contributed by atoms with Crippen LogP contribution in [0.3, 0.4) is 0 Å². The van der Waals surface area contributed by atoms with Crippen molar-refractivity contribution in [2.45, 2.75) is 19.9 Å². The zero-order valence-corrected chi connectivity index (χ0v) is 19.2. The Balaban J connectivity index is 2.04. The highest BCUT2D eigenvalue weighted by Crippen LogP contribution is 2.45. The van der Waals surface area contributed by atoms with Gasteiger partial charge in [-0.1, -0.05) is 0 Å². The Morgan fingerprint density at radius 3 is 2.26 bits per heavy atom. The number of pyridine rings is 1. The summed E-state index contributed by atoms with van der Waals surface area (Å²) in [6.07, 6.45) is 0. The van der Waals surface area contributed by atoms with Gasteiger partial charge in [0.2, 0.25) is 16.9 Å². The number of rotatable bonds is 5. The number of nitrogens with zero attached hydrogens (tertiary/aromatic N) is 1. The number of benzene rings is 2. The van der Waals surface area contributed by atoms with Crippen molar-refractivity contribution < 1.29 is 23.7 Å². The molecular formula is C24H23N3O7. The predicted molar refractivity (Wildman–Crippen MR) is 128 cm³/mol. The number of aromatic amines is 2. The van der Waals surface area contributed by atoms with Gasteiger partial charge in [-0.15, -0.1) is 0 Å². The van der Waals surface area contributed by atoms with E-state index in [0.717, 1.165) is 0 Å². The summed E-state index contributed by atoms with van der Waals surface area (Å²) < 4.78 is 24.2. The largest absolute Gasteiger partial charge is 0.502 e. The Labute approximate surface area is 192 Å². The molecule has 0 fully saturated rings. The second-order valence-electron chi connectivity index (χ2n) is 8.14. The van der Waals surface area contributed by atoms with Crippen LogP contribution >= 0.6 is 0 Å². The summed E-state index contributed by atoms with van der Waals surface area (Å²) in [5.74, 6) is 0.692. The van der Waals surface area contributed by atoms with Crippen LogP contribution in [0.1, 0.15) is 19.9 Å². The maximum absolute atomic E-state index is 13.2. The van der Waals surface area contributed by atoms with Gasteiger partial charge >= 0.3 is 0 Å². The van der Waals surface area contributed by atoms with Crippen molar-refractivity contribution in [1.29, 1.82) is 0 Å². The fourth-order valence-corrected chi connectivity index (χ4v) is 4.35. The number of furan rings is 1. The number of hydrogen-bond acceptors (Lipinski definition) is 7. The van der Waals surface area contributed by atoms with Crippen molar-refractivity contribution in [2.24, 2.45) is 0 Å². The molecule has 0 aliphatic rings. The van der Waals surface area contributed by atoms with Gasteiger partial charge in [-0.3, -0.25) is 19.4 Å². The molecule has 0 amide bonds. The Kier molecular flexibility index (Phi) is 4.82. The monoisotopic (exact) mass is 465 g/mol. The van der Waals surface area contributed by atoms with Crippen molar-refractivity contribution in [3.8, 4) is 34.1 Å². The lowest BCUT2D eigenvalue weighted by Crippen LogP contribution is -2.07. The van der Waals surface area contributed by atoms with Crippen LogP contribution in [0.25, 0.3) is 44.2 Å². The van der Waals surface area contributed by atoms with Crippen molar-refractivity contribution in [2.75, 3.05) is 21.3 Å². The van der Waals surface area contributed by atoms with Gasteiger partial charge < -0.3 is 28.7 Å². The molecule has 0 saturated carbocycles. The Morgan fingerprint density at radius 2 is 1.68 bits per heavy atom. The van der Waals surface area contributed by atoms with E-state index in [0.29, 0.717) is 55.9 Å². The molecule has 0 bridgehead atoms. The molecule has 176 valence electrons. The van der Waals surface area contributed by atoms with Gasteiger partial charge in [0.15, 0.2) is 22.7 Å². The summed E-state index contributed by atoms with van der Waals surface area (Å²) in [6.45, 7) is 3.88. The molecule has 0 aliphatic heterocycles. The number of fused-ring (bicyclic) bond motifs is 4. The molecule has 0 atom stereocenters. The standard InChI is InChI=1S/C24H23N3O7/c1-10(2)27-23-17(24(30)26-27)16(11-8-14(31-3)21(33-5)15(9-11)32-4)22-18(25-23)12-6-7-13(28)19(29)20(12)34-22/h6-10,25,29H,1-5H3,(H,26,30). The van der Waals surface area contributed by atoms with Crippen LogP contribution < -0.4 is 25.2 Å². The first-order chi connectivity index (χ1) is 16.3. The van der Waals surface area contributed by atoms with E-state index in [-0.39, 0.29) is 17.2 Å². The van der Waals surface area contributed by atoms with Crippen LogP contribution in [0.2, 0.25) is 0 Å². The number of ether oxygens (including phenoxy) is 3. The summed E-state index contributed by atoms with van der Waals surface area (Å²) in [6, 6.07) is 6.22. The van der Waals surface area contributed by atoms with E-state index in [1.165, 1.54) is 27.4 Å². The molecule has 0 aliphatic carbocycles. The zero-order valence-electron chi connectivity index (χ0n) is 19.2. The highest BCUT2D eigenvalue weighted by Gasteiger charge is 2.25. The highest BCUT2D eigenvalue weighted by atomic mass is 16.5. The van der Waals surface area contributed by atoms with Gasteiger partial charge in [-0.05, 0) is 43.7 Å². The molecule has 3 N–H and O–H groups in total. The van der Waals surface area contributed by atoms with E-state index in [1.807, 2.05) is 13.8 Å². The van der Waals surface area contributed by atoms with Gasteiger partial charge in [0.05, 0.1) is 32.2 Å². The first-order valence-electron chi connectivity index (χ1n) is 10.6. The highest BCUT2D eigenvalue weighted by molar-refractivity contribution is 6.15. The Morgan fingerprint density at radius 1 is 1.00 bits per heavy atom. The quantitative estimate of drug-likeness (QED) is 0.359. The number of H-pyrrole nitrogens is 2. The molecule has 0 unspecified atom stereocenters. The molecule has 3 heterocycles. The van der Waals surface area contributed by atoms with Gasteiger partial charge in [0.25, 0.3) is 5.56 Å². The number of aromatic hydroxyl groups is 1. The van der Waals surface area contributed by atoms with Crippen molar-refractivity contribution in [3.05, 3.63) is 44.8 Å². The third-order valence-corrected chi connectivity index (χ3v) is 5.91. The molecule has 3 aromatic heterocycles. The third kappa shape index (κ3) is 2.88. The summed E-state index contributed by atoms with van der Waals surface area (Å²) >= 11 is 0. The number of aromatic nitrogens is 3. The summed E-state index contributed by atoms with van der Waals surface area (Å²) in [5, 5.41) is 14.1. The van der Waals surface area contributed by atoms with Crippen LogP contribution in [0, 0.1) is 0 Å². The second-order valence-corrected chi connectivity index (χ2v) is 8.14. The first-order valence-corrected chi connectivity index (χ1v) is 10.6. The summed E-state index contributed by atoms with van der Waals surface area (Å²) in [5.41, 5.74) is 1.50. The summed E-state index contributed by atoms with van der Waals surface area (Å²) in [4.78, 5) is 28.5. The minimum atomic E-state index is -0.560. The van der Waals surface area contributed by atoms with Gasteiger partial charge in [0.1, 0.15) is 5.65 Å². The smallest absolute Gasteiger partial charge is 0.274 e. The normalized spacial score (nSPS) is 11.7. The average molecular weight is 465 g/mol. The molecule has 0 saturated heterocycles. The SMILES string of the molecule is COc1cc(-c2c3oc4c(O)c(=O)ccc4c3[nH]c3c2c(=O)[nH]n3C(C)C)cc(OC)c1OC. The molecule has 34 heavy (non-hydrogen) atoms. The van der Waals surface area contributed by atoms with Crippen LogP contribution in [0.4, 0.5) is 0 Å². The lowest BCUT2D eigenvalue weighted by atomic mass is 10.0. The van der Waals surface area contributed by atoms with Crippen LogP contribution in [-0.4, -0.2) is 41.2 Å². The third-order valence-electron chi connectivity index (χ3n) is 5.91. The molecule has 0 spiro atoms. The van der Waals surface area contributed by atoms with E-state index in [9.17, 15) is 14.7 Å². The lowest BCUT2D eigenvalue weighted by Gasteiger charge is -2.15. The van der Waals surface area contributed by atoms with Crippen LogP contribution in [0.5, 0.6) is 23.0 Å². The predicted octanol–water partition coefficient (Wildman–Crippen LogP) is 3.90. The number of nitrogens with one attached hydrogen (secondary N) is 2.